The van der Waals surface area contributed by atoms with E-state index in [4.69, 9.17) is 0 Å². The van der Waals surface area contributed by atoms with Crippen molar-refractivity contribution in [2.45, 2.75) is 19.8 Å². The lowest BCUT2D eigenvalue weighted by Gasteiger charge is -2.17. The second kappa shape index (κ2) is 5.60. The molecule has 0 atom stereocenters. The highest BCUT2D eigenvalue weighted by molar-refractivity contribution is 6.13. The van der Waals surface area contributed by atoms with Crippen LogP contribution in [0.25, 0.3) is 6.08 Å². The van der Waals surface area contributed by atoms with Crippen molar-refractivity contribution in [2.75, 3.05) is 24.5 Å². The highest BCUT2D eigenvalue weighted by Gasteiger charge is 2.31. The van der Waals surface area contributed by atoms with Gasteiger partial charge >= 0.3 is 6.03 Å². The SMILES string of the molecule is CCN1C(=O)NC(=Cc2ccc(N3CCCC3)cc2)C1=O. The molecule has 1 aromatic rings. The molecule has 2 heterocycles. The Morgan fingerprint density at radius 2 is 1.81 bits per heavy atom. The number of carbonyl (C=O) groups is 2. The lowest BCUT2D eigenvalue weighted by atomic mass is 10.1. The van der Waals surface area contributed by atoms with E-state index in [0.717, 1.165) is 18.7 Å². The van der Waals surface area contributed by atoms with Crippen LogP contribution in [0.5, 0.6) is 0 Å². The number of carbonyl (C=O) groups excluding carboxylic acids is 2. The first-order valence-electron chi connectivity index (χ1n) is 7.38. The lowest BCUT2D eigenvalue weighted by molar-refractivity contribution is -0.122. The fourth-order valence-electron chi connectivity index (χ4n) is 2.78. The number of rotatable bonds is 3. The van der Waals surface area contributed by atoms with E-state index < -0.39 is 0 Å². The molecule has 21 heavy (non-hydrogen) atoms. The minimum atomic E-state index is -0.345. The molecule has 2 fully saturated rings. The van der Waals surface area contributed by atoms with Crippen molar-refractivity contribution < 1.29 is 9.59 Å². The van der Waals surface area contributed by atoms with E-state index in [-0.39, 0.29) is 11.9 Å². The molecule has 3 amide bonds. The van der Waals surface area contributed by atoms with Crippen molar-refractivity contribution in [2.24, 2.45) is 0 Å². The van der Waals surface area contributed by atoms with Crippen LogP contribution in [-0.4, -0.2) is 36.5 Å². The predicted molar refractivity (Wildman–Crippen MR) is 81.8 cm³/mol. The van der Waals surface area contributed by atoms with Gasteiger partial charge in [0, 0.05) is 25.3 Å². The molecule has 5 heteroatoms. The van der Waals surface area contributed by atoms with E-state index in [9.17, 15) is 9.59 Å². The number of anilines is 1. The Bertz CT molecular complexity index is 586. The van der Waals surface area contributed by atoms with Gasteiger partial charge in [-0.1, -0.05) is 12.1 Å². The first-order chi connectivity index (χ1) is 10.2. The summed E-state index contributed by atoms with van der Waals surface area (Å²) in [6.07, 6.45) is 4.22. The Balaban J connectivity index is 1.77. The molecule has 0 unspecified atom stereocenters. The van der Waals surface area contributed by atoms with Gasteiger partial charge in [0.2, 0.25) is 0 Å². The Hall–Kier alpha value is -2.30. The molecule has 0 radical (unpaired) electrons. The number of likely N-dealkylation sites (N-methyl/N-ethyl adjacent to an activating group) is 1. The fourth-order valence-corrected chi connectivity index (χ4v) is 2.78. The summed E-state index contributed by atoms with van der Waals surface area (Å²) in [5, 5.41) is 2.61. The lowest BCUT2D eigenvalue weighted by Crippen LogP contribution is -2.30. The number of hydrogen-bond donors (Lipinski definition) is 1. The molecule has 2 aliphatic heterocycles. The van der Waals surface area contributed by atoms with Crippen molar-refractivity contribution in [3.05, 3.63) is 35.5 Å². The molecule has 5 nitrogen and oxygen atoms in total. The predicted octanol–water partition coefficient (Wildman–Crippen LogP) is 2.20. The van der Waals surface area contributed by atoms with Crippen LogP contribution in [0.2, 0.25) is 0 Å². The molecule has 110 valence electrons. The number of nitrogens with one attached hydrogen (secondary N) is 1. The maximum Gasteiger partial charge on any atom is 0.328 e. The van der Waals surface area contributed by atoms with Crippen LogP contribution in [0.1, 0.15) is 25.3 Å². The summed E-state index contributed by atoms with van der Waals surface area (Å²) in [6, 6.07) is 7.75. The third kappa shape index (κ3) is 2.63. The average molecular weight is 285 g/mol. The van der Waals surface area contributed by atoms with Crippen LogP contribution < -0.4 is 10.2 Å². The Morgan fingerprint density at radius 3 is 2.38 bits per heavy atom. The van der Waals surface area contributed by atoms with Crippen molar-refractivity contribution in [3.63, 3.8) is 0 Å². The molecule has 0 bridgehead atoms. The van der Waals surface area contributed by atoms with Crippen LogP contribution in [0, 0.1) is 0 Å². The minimum absolute atomic E-state index is 0.258. The molecule has 0 saturated carbocycles. The first kappa shape index (κ1) is 13.7. The van der Waals surface area contributed by atoms with E-state index in [1.807, 2.05) is 12.1 Å². The Morgan fingerprint density at radius 1 is 1.14 bits per heavy atom. The minimum Gasteiger partial charge on any atom is -0.372 e. The van der Waals surface area contributed by atoms with Gasteiger partial charge in [0.25, 0.3) is 5.91 Å². The normalized spacial score (nSPS) is 20.5. The molecule has 0 aliphatic carbocycles. The van der Waals surface area contributed by atoms with Gasteiger partial charge in [0.05, 0.1) is 0 Å². The van der Waals surface area contributed by atoms with Gasteiger partial charge < -0.3 is 10.2 Å². The third-order valence-corrected chi connectivity index (χ3v) is 3.95. The summed E-state index contributed by atoms with van der Waals surface area (Å²) in [4.78, 5) is 27.1. The van der Waals surface area contributed by atoms with E-state index in [1.165, 1.54) is 23.4 Å². The van der Waals surface area contributed by atoms with Crippen LogP contribution in [-0.2, 0) is 4.79 Å². The van der Waals surface area contributed by atoms with Crippen molar-refractivity contribution in [3.8, 4) is 0 Å². The molecule has 2 aliphatic rings. The van der Waals surface area contributed by atoms with Gasteiger partial charge in [0.1, 0.15) is 5.70 Å². The monoisotopic (exact) mass is 285 g/mol. The molecular formula is C16H19N3O2. The van der Waals surface area contributed by atoms with E-state index in [1.54, 1.807) is 13.0 Å². The topological polar surface area (TPSA) is 52.7 Å². The molecule has 1 N–H and O–H groups in total. The zero-order valence-electron chi connectivity index (χ0n) is 12.1. The Labute approximate surface area is 124 Å². The Kier molecular flexibility index (Phi) is 3.64. The maximum atomic E-state index is 12.0. The first-order valence-corrected chi connectivity index (χ1v) is 7.38. The molecule has 0 aromatic heterocycles. The van der Waals surface area contributed by atoms with Crippen LogP contribution in [0.15, 0.2) is 30.0 Å². The van der Waals surface area contributed by atoms with Gasteiger partial charge in [0.15, 0.2) is 0 Å². The summed E-state index contributed by atoms with van der Waals surface area (Å²) in [6.45, 7) is 4.39. The van der Waals surface area contributed by atoms with Gasteiger partial charge in [-0.3, -0.25) is 9.69 Å². The van der Waals surface area contributed by atoms with Crippen molar-refractivity contribution in [1.82, 2.24) is 10.2 Å². The number of hydrogen-bond acceptors (Lipinski definition) is 3. The molecular weight excluding hydrogens is 266 g/mol. The number of urea groups is 1. The largest absolute Gasteiger partial charge is 0.372 e. The van der Waals surface area contributed by atoms with Crippen molar-refractivity contribution >= 4 is 23.7 Å². The molecule has 0 spiro atoms. The summed E-state index contributed by atoms with van der Waals surface area (Å²) in [5.41, 5.74) is 2.47. The third-order valence-electron chi connectivity index (χ3n) is 3.95. The van der Waals surface area contributed by atoms with E-state index >= 15 is 0 Å². The van der Waals surface area contributed by atoms with Gasteiger partial charge in [-0.25, -0.2) is 4.79 Å². The van der Waals surface area contributed by atoms with Gasteiger partial charge in [-0.15, -0.1) is 0 Å². The van der Waals surface area contributed by atoms with Crippen LogP contribution in [0.4, 0.5) is 10.5 Å². The molecule has 3 rings (SSSR count). The number of amides is 3. The highest BCUT2D eigenvalue weighted by Crippen LogP contribution is 2.21. The fraction of sp³-hybridized carbons (Fsp3) is 0.375. The van der Waals surface area contributed by atoms with E-state index in [0.29, 0.717) is 12.2 Å². The quantitative estimate of drug-likeness (QED) is 0.684. The second-order valence-corrected chi connectivity index (χ2v) is 5.32. The number of imide groups is 1. The average Bonchev–Trinajstić information content (AvgIpc) is 3.10. The maximum absolute atomic E-state index is 12.0. The van der Waals surface area contributed by atoms with Gasteiger partial charge in [-0.2, -0.15) is 0 Å². The summed E-state index contributed by atoms with van der Waals surface area (Å²) < 4.78 is 0. The van der Waals surface area contributed by atoms with Crippen LogP contribution in [0.3, 0.4) is 0 Å². The summed E-state index contributed by atoms with van der Waals surface area (Å²) in [7, 11) is 0. The molecule has 1 aromatic carbocycles. The van der Waals surface area contributed by atoms with Gasteiger partial charge in [-0.05, 0) is 43.5 Å². The highest BCUT2D eigenvalue weighted by atomic mass is 16.2. The van der Waals surface area contributed by atoms with Crippen molar-refractivity contribution in [1.29, 1.82) is 0 Å². The standard InChI is InChI=1S/C16H19N3O2/c1-2-19-15(20)14(17-16(19)21)11-12-5-7-13(8-6-12)18-9-3-4-10-18/h5-8,11H,2-4,9-10H2,1H3,(H,17,21). The molecule has 2 saturated heterocycles. The smallest absolute Gasteiger partial charge is 0.328 e. The zero-order chi connectivity index (χ0) is 14.8. The number of nitrogens with zero attached hydrogens (tertiary/aromatic N) is 2. The van der Waals surface area contributed by atoms with Crippen LogP contribution >= 0.6 is 0 Å². The summed E-state index contributed by atoms with van der Waals surface area (Å²) in [5.74, 6) is -0.258. The second-order valence-electron chi connectivity index (χ2n) is 5.32. The number of benzene rings is 1. The zero-order valence-corrected chi connectivity index (χ0v) is 12.1. The summed E-state index contributed by atoms with van der Waals surface area (Å²) >= 11 is 0. The van der Waals surface area contributed by atoms with E-state index in [2.05, 4.69) is 22.3 Å².